The quantitative estimate of drug-likeness (QED) is 0.276. The van der Waals surface area contributed by atoms with Crippen molar-refractivity contribution in [1.29, 1.82) is 0 Å². The molecule has 5 nitrogen and oxygen atoms in total. The first-order valence-corrected chi connectivity index (χ1v) is 17.0. The van der Waals surface area contributed by atoms with E-state index >= 15 is 0 Å². The number of piperidine rings is 1. The summed E-state index contributed by atoms with van der Waals surface area (Å²) in [5, 5.41) is 12.1. The highest BCUT2D eigenvalue weighted by molar-refractivity contribution is 5.82. The Bertz CT molecular complexity index is 1010. The zero-order valence-corrected chi connectivity index (χ0v) is 25.2. The largest absolute Gasteiger partial charge is 0.353 e. The Hall–Kier alpha value is -2.17. The molecule has 2 unspecified atom stereocenters. The van der Waals surface area contributed by atoms with Crippen LogP contribution in [0, 0.1) is 16.0 Å². The van der Waals surface area contributed by atoms with Crippen molar-refractivity contribution in [3.63, 3.8) is 0 Å². The minimum Gasteiger partial charge on any atom is -0.353 e. The predicted octanol–water partition coefficient (Wildman–Crippen LogP) is 10.9. The van der Waals surface area contributed by atoms with E-state index in [1.54, 1.807) is 12.1 Å². The minimum atomic E-state index is -0.322. The maximum atomic E-state index is 11.2. The van der Waals surface area contributed by atoms with Crippen molar-refractivity contribution in [3.8, 4) is 0 Å². The lowest BCUT2D eigenvalue weighted by molar-refractivity contribution is -0.384. The Labute approximate surface area is 243 Å². The second-order valence-electron chi connectivity index (χ2n) is 12.8. The number of hydrogen-bond donors (Lipinski definition) is 0. The number of nitro benzene ring substituents is 1. The van der Waals surface area contributed by atoms with E-state index in [1.165, 1.54) is 148 Å². The normalized spacial score (nSPS) is 24.2. The summed E-state index contributed by atoms with van der Waals surface area (Å²) in [6, 6.07) is 9.76. The summed E-state index contributed by atoms with van der Waals surface area (Å²) in [5.41, 5.74) is 0.996. The first-order valence-electron chi connectivity index (χ1n) is 17.0. The molecule has 5 heteroatoms. The van der Waals surface area contributed by atoms with E-state index in [4.69, 9.17) is 4.98 Å². The third-order valence-electron chi connectivity index (χ3n) is 9.62. The van der Waals surface area contributed by atoms with Gasteiger partial charge in [-0.25, -0.2) is 4.98 Å². The minimum absolute atomic E-state index is 0.136. The Balaban J connectivity index is 1.36. The van der Waals surface area contributed by atoms with Gasteiger partial charge in [0, 0.05) is 30.1 Å². The molecule has 40 heavy (non-hydrogen) atoms. The van der Waals surface area contributed by atoms with Crippen LogP contribution in [0.5, 0.6) is 0 Å². The lowest BCUT2D eigenvalue weighted by Gasteiger charge is -2.41. The number of benzene rings is 1. The van der Waals surface area contributed by atoms with Crippen LogP contribution in [-0.2, 0) is 0 Å². The van der Waals surface area contributed by atoms with Gasteiger partial charge >= 0.3 is 0 Å². The summed E-state index contributed by atoms with van der Waals surface area (Å²) in [6.45, 7) is 1.11. The average molecular weight is 550 g/mol. The Kier molecular flexibility index (Phi) is 13.5. The van der Waals surface area contributed by atoms with Gasteiger partial charge in [0.2, 0.25) is 0 Å². The summed E-state index contributed by atoms with van der Waals surface area (Å²) in [5.74, 6) is 1.81. The van der Waals surface area contributed by atoms with Crippen LogP contribution in [0.15, 0.2) is 30.3 Å². The van der Waals surface area contributed by atoms with E-state index in [1.807, 2.05) is 12.1 Å². The maximum absolute atomic E-state index is 11.2. The van der Waals surface area contributed by atoms with Crippen molar-refractivity contribution in [1.82, 2.24) is 4.98 Å². The van der Waals surface area contributed by atoms with Gasteiger partial charge in [0.1, 0.15) is 5.82 Å². The van der Waals surface area contributed by atoms with E-state index in [0.29, 0.717) is 6.04 Å². The summed E-state index contributed by atoms with van der Waals surface area (Å²) >= 11 is 0. The molecule has 1 aromatic heterocycles. The van der Waals surface area contributed by atoms with Crippen LogP contribution < -0.4 is 4.90 Å². The van der Waals surface area contributed by atoms with Gasteiger partial charge in [-0.05, 0) is 49.8 Å². The number of fused-ring (bicyclic) bond motifs is 23. The number of nitro groups is 1. The van der Waals surface area contributed by atoms with Crippen molar-refractivity contribution < 1.29 is 4.92 Å². The summed E-state index contributed by atoms with van der Waals surface area (Å²) in [6.07, 6.45) is 32.0. The molecule has 3 heterocycles. The van der Waals surface area contributed by atoms with Gasteiger partial charge < -0.3 is 4.90 Å². The number of aromatic nitrogens is 1. The van der Waals surface area contributed by atoms with E-state index < -0.39 is 0 Å². The van der Waals surface area contributed by atoms with Crippen molar-refractivity contribution in [2.75, 3.05) is 11.4 Å². The fraction of sp³-hybridized carbons (Fsp3) is 0.743. The lowest BCUT2D eigenvalue weighted by Crippen LogP contribution is -2.44. The molecule has 3 fully saturated rings. The highest BCUT2D eigenvalue weighted by atomic mass is 16.6. The number of nitrogens with zero attached hydrogens (tertiary/aromatic N) is 3. The molecule has 1 aliphatic carbocycles. The molecule has 1 aromatic carbocycles. The molecule has 222 valence electrons. The number of anilines is 1. The van der Waals surface area contributed by atoms with Crippen LogP contribution in [0.3, 0.4) is 0 Å². The first kappa shape index (κ1) is 30.8. The summed E-state index contributed by atoms with van der Waals surface area (Å²) < 4.78 is 0. The molecular formula is C35H55N3O2. The molecule has 0 radical (unpaired) electrons. The van der Waals surface area contributed by atoms with Crippen LogP contribution in [0.4, 0.5) is 11.5 Å². The maximum Gasteiger partial charge on any atom is 0.270 e. The fourth-order valence-corrected chi connectivity index (χ4v) is 7.11. The molecule has 0 amide bonds. The highest BCUT2D eigenvalue weighted by Gasteiger charge is 2.29. The van der Waals surface area contributed by atoms with Gasteiger partial charge in [0.15, 0.2) is 0 Å². The van der Waals surface area contributed by atoms with Gasteiger partial charge in [-0.15, -0.1) is 0 Å². The molecule has 1 saturated carbocycles. The van der Waals surface area contributed by atoms with Crippen LogP contribution >= 0.6 is 0 Å². The number of hydrogen-bond acceptors (Lipinski definition) is 4. The van der Waals surface area contributed by atoms with Crippen LogP contribution in [0.1, 0.15) is 148 Å². The molecule has 2 aromatic rings. The zero-order valence-electron chi connectivity index (χ0n) is 25.2. The molecule has 5 rings (SSSR count). The lowest BCUT2D eigenvalue weighted by atomic mass is 9.86. The smallest absolute Gasteiger partial charge is 0.270 e. The third-order valence-corrected chi connectivity index (χ3v) is 9.62. The summed E-state index contributed by atoms with van der Waals surface area (Å²) in [4.78, 5) is 18.5. The molecule has 2 atom stereocenters. The van der Waals surface area contributed by atoms with E-state index in [9.17, 15) is 10.1 Å². The summed E-state index contributed by atoms with van der Waals surface area (Å²) in [7, 11) is 0. The molecule has 2 saturated heterocycles. The van der Waals surface area contributed by atoms with Gasteiger partial charge in [0.25, 0.3) is 5.69 Å². The molecule has 0 N–H and O–H groups in total. The van der Waals surface area contributed by atoms with Gasteiger partial charge in [-0.1, -0.05) is 122 Å². The van der Waals surface area contributed by atoms with Crippen LogP contribution in [-0.4, -0.2) is 22.5 Å². The molecule has 0 spiro atoms. The Morgan fingerprint density at radius 1 is 0.625 bits per heavy atom. The third kappa shape index (κ3) is 10.3. The Morgan fingerprint density at radius 3 is 1.70 bits per heavy atom. The van der Waals surface area contributed by atoms with E-state index in [2.05, 4.69) is 11.0 Å². The SMILES string of the molecule is O=[N+]([O-])c1ccc2nc(N3CC4CCCCCCCCCCCCCCCCCCCCCC3CC4)ccc2c1. The second kappa shape index (κ2) is 17.6. The number of rotatable bonds is 2. The molecule has 2 aliphatic heterocycles. The van der Waals surface area contributed by atoms with Crippen molar-refractivity contribution in [3.05, 3.63) is 40.4 Å². The topological polar surface area (TPSA) is 59.3 Å². The van der Waals surface area contributed by atoms with Crippen molar-refractivity contribution in [2.45, 2.75) is 154 Å². The van der Waals surface area contributed by atoms with Crippen molar-refractivity contribution >= 4 is 22.4 Å². The Morgan fingerprint density at radius 2 is 1.15 bits per heavy atom. The first-order chi connectivity index (χ1) is 19.7. The van der Waals surface area contributed by atoms with Gasteiger partial charge in [0.05, 0.1) is 10.4 Å². The predicted molar refractivity (Wildman–Crippen MR) is 169 cm³/mol. The van der Waals surface area contributed by atoms with Crippen LogP contribution in [0.2, 0.25) is 0 Å². The van der Waals surface area contributed by atoms with E-state index in [-0.39, 0.29) is 10.6 Å². The van der Waals surface area contributed by atoms with Gasteiger partial charge in [-0.3, -0.25) is 10.1 Å². The average Bonchev–Trinajstić information content (AvgIpc) is 2.97. The fourth-order valence-electron chi connectivity index (χ4n) is 7.11. The monoisotopic (exact) mass is 549 g/mol. The molecule has 3 aliphatic rings. The van der Waals surface area contributed by atoms with E-state index in [0.717, 1.165) is 29.2 Å². The highest BCUT2D eigenvalue weighted by Crippen LogP contribution is 2.33. The zero-order chi connectivity index (χ0) is 27.8. The van der Waals surface area contributed by atoms with Gasteiger partial charge in [-0.2, -0.15) is 0 Å². The molecule has 2 bridgehead atoms. The number of pyridine rings is 1. The van der Waals surface area contributed by atoms with Crippen molar-refractivity contribution in [2.24, 2.45) is 5.92 Å². The second-order valence-corrected chi connectivity index (χ2v) is 12.8. The number of non-ortho nitro benzene ring substituents is 1. The standard InChI is InChI=1S/C35H55N3O2/c39-38(40)33-25-26-34-31(28-33)23-27-35(36-34)37-29-30-20-18-16-14-12-10-8-6-4-2-1-3-5-7-9-11-13-15-17-19-21-32(37)24-22-30/h23,25-28,30,32H,1-22,24,29H2. The van der Waals surface area contributed by atoms with Crippen LogP contribution in [0.25, 0.3) is 10.9 Å². The molecular weight excluding hydrogens is 494 g/mol.